The molecule has 1 amide bonds. The minimum Gasteiger partial charge on any atom is -0.339 e. The first-order valence-electron chi connectivity index (χ1n) is 5.93. The highest BCUT2D eigenvalue weighted by molar-refractivity contribution is 5.74. The first-order valence-corrected chi connectivity index (χ1v) is 5.93. The second kappa shape index (κ2) is 6.60. The van der Waals surface area contributed by atoms with Gasteiger partial charge in [0.15, 0.2) is 0 Å². The Bertz CT molecular complexity index is 527. The van der Waals surface area contributed by atoms with E-state index in [2.05, 4.69) is 20.6 Å². The number of rotatable bonds is 6. The zero-order valence-electron chi connectivity index (χ0n) is 10.5. The van der Waals surface area contributed by atoms with Crippen molar-refractivity contribution in [1.82, 2.24) is 20.6 Å². The molecule has 7 nitrogen and oxygen atoms in total. The van der Waals surface area contributed by atoms with Crippen molar-refractivity contribution < 1.29 is 14.2 Å². The molecule has 19 heavy (non-hydrogen) atoms. The van der Waals surface area contributed by atoms with Gasteiger partial charge in [0.25, 0.3) is 0 Å². The van der Waals surface area contributed by atoms with Crippen LogP contribution in [0.15, 0.2) is 29.0 Å². The molecular weight excluding hydrogens is 248 g/mol. The predicted octanol–water partition coefficient (Wildman–Crippen LogP) is 1.13. The highest BCUT2D eigenvalue weighted by atomic mass is 16.6. The van der Waals surface area contributed by atoms with Crippen molar-refractivity contribution in [3.05, 3.63) is 30.4 Å². The lowest BCUT2D eigenvalue weighted by Crippen LogP contribution is -2.23. The molecule has 0 aliphatic rings. The standard InChI is InChI=1S/C12H14N4O3/c1-2-18-15-10(17)3-4-11-14-12(16-19-11)9-5-7-13-8-6-9/h5-8H,2-4H2,1H3,(H,15,17). The van der Waals surface area contributed by atoms with Crippen LogP contribution in [0.2, 0.25) is 0 Å². The molecule has 0 aliphatic heterocycles. The molecule has 0 fully saturated rings. The minimum atomic E-state index is -0.217. The normalized spacial score (nSPS) is 10.4. The molecule has 2 aromatic heterocycles. The summed E-state index contributed by atoms with van der Waals surface area (Å²) >= 11 is 0. The Labute approximate surface area is 109 Å². The molecule has 0 radical (unpaired) electrons. The van der Waals surface area contributed by atoms with Crippen LogP contribution in [0.1, 0.15) is 19.2 Å². The summed E-state index contributed by atoms with van der Waals surface area (Å²) in [4.78, 5) is 24.2. The molecule has 0 atom stereocenters. The largest absolute Gasteiger partial charge is 0.339 e. The number of hydroxylamine groups is 1. The molecule has 2 rings (SSSR count). The van der Waals surface area contributed by atoms with E-state index in [1.165, 1.54) is 0 Å². The molecule has 0 aliphatic carbocycles. The van der Waals surface area contributed by atoms with Crippen LogP contribution in [0, 0.1) is 0 Å². The quantitative estimate of drug-likeness (QED) is 0.785. The lowest BCUT2D eigenvalue weighted by Gasteiger charge is -2.00. The van der Waals surface area contributed by atoms with Crippen molar-refractivity contribution in [3.63, 3.8) is 0 Å². The van der Waals surface area contributed by atoms with Gasteiger partial charge < -0.3 is 4.52 Å². The summed E-state index contributed by atoms with van der Waals surface area (Å²) in [6, 6.07) is 3.58. The summed E-state index contributed by atoms with van der Waals surface area (Å²) in [5.74, 6) is 0.687. The molecule has 2 aromatic rings. The number of pyridine rings is 1. The van der Waals surface area contributed by atoms with Gasteiger partial charge in [-0.05, 0) is 19.1 Å². The van der Waals surface area contributed by atoms with E-state index in [-0.39, 0.29) is 12.3 Å². The van der Waals surface area contributed by atoms with Crippen LogP contribution in [-0.4, -0.2) is 27.6 Å². The van der Waals surface area contributed by atoms with E-state index >= 15 is 0 Å². The number of hydrogen-bond donors (Lipinski definition) is 1. The molecular formula is C12H14N4O3. The summed E-state index contributed by atoms with van der Waals surface area (Å²) < 4.78 is 5.07. The lowest BCUT2D eigenvalue weighted by atomic mass is 10.2. The van der Waals surface area contributed by atoms with Gasteiger partial charge in [0.2, 0.25) is 17.6 Å². The molecule has 0 saturated carbocycles. The highest BCUT2D eigenvalue weighted by Gasteiger charge is 2.10. The number of carbonyl (C=O) groups excluding carboxylic acids is 1. The zero-order chi connectivity index (χ0) is 13.5. The monoisotopic (exact) mass is 262 g/mol. The maximum absolute atomic E-state index is 11.3. The Hall–Kier alpha value is -2.28. The van der Waals surface area contributed by atoms with E-state index in [9.17, 15) is 4.79 Å². The molecule has 1 N–H and O–H groups in total. The van der Waals surface area contributed by atoms with Crippen molar-refractivity contribution in [3.8, 4) is 11.4 Å². The molecule has 0 spiro atoms. The van der Waals surface area contributed by atoms with Gasteiger partial charge in [0.05, 0.1) is 6.61 Å². The number of carbonyl (C=O) groups is 1. The summed E-state index contributed by atoms with van der Waals surface area (Å²) in [7, 11) is 0. The molecule has 0 unspecified atom stereocenters. The first kappa shape index (κ1) is 13.2. The fourth-order valence-corrected chi connectivity index (χ4v) is 1.40. The minimum absolute atomic E-state index is 0.217. The van der Waals surface area contributed by atoms with Crippen molar-refractivity contribution in [2.45, 2.75) is 19.8 Å². The molecule has 100 valence electrons. The third-order valence-corrected chi connectivity index (χ3v) is 2.30. The molecule has 0 aromatic carbocycles. The van der Waals surface area contributed by atoms with Crippen LogP contribution in [0.5, 0.6) is 0 Å². The van der Waals surface area contributed by atoms with Gasteiger partial charge in [0.1, 0.15) is 0 Å². The molecule has 0 bridgehead atoms. The van der Waals surface area contributed by atoms with Crippen LogP contribution in [0.3, 0.4) is 0 Å². The van der Waals surface area contributed by atoms with Gasteiger partial charge in [-0.1, -0.05) is 5.16 Å². The van der Waals surface area contributed by atoms with E-state index in [0.29, 0.717) is 24.7 Å². The molecule has 2 heterocycles. The van der Waals surface area contributed by atoms with Crippen LogP contribution in [0.4, 0.5) is 0 Å². The molecule has 7 heteroatoms. The fraction of sp³-hybridized carbons (Fsp3) is 0.333. The van der Waals surface area contributed by atoms with Gasteiger partial charge in [-0.3, -0.25) is 14.6 Å². The van der Waals surface area contributed by atoms with Gasteiger partial charge in [-0.2, -0.15) is 4.98 Å². The number of nitrogens with zero attached hydrogens (tertiary/aromatic N) is 3. The first-order chi connectivity index (χ1) is 9.29. The van der Waals surface area contributed by atoms with Crippen molar-refractivity contribution in [2.24, 2.45) is 0 Å². The molecule has 0 saturated heterocycles. The number of aromatic nitrogens is 3. The Kier molecular flexibility index (Phi) is 4.57. The predicted molar refractivity (Wildman–Crippen MR) is 65.6 cm³/mol. The van der Waals surface area contributed by atoms with Crippen LogP contribution >= 0.6 is 0 Å². The van der Waals surface area contributed by atoms with Gasteiger partial charge in [0, 0.05) is 30.8 Å². The van der Waals surface area contributed by atoms with Crippen molar-refractivity contribution >= 4 is 5.91 Å². The summed E-state index contributed by atoms with van der Waals surface area (Å²) in [5.41, 5.74) is 3.13. The van der Waals surface area contributed by atoms with Gasteiger partial charge in [-0.25, -0.2) is 5.48 Å². The van der Waals surface area contributed by atoms with E-state index in [1.807, 2.05) is 0 Å². The van der Waals surface area contributed by atoms with Gasteiger partial charge >= 0.3 is 0 Å². The number of hydrogen-bond acceptors (Lipinski definition) is 6. The van der Waals surface area contributed by atoms with E-state index in [1.54, 1.807) is 31.5 Å². The average Bonchev–Trinajstić information content (AvgIpc) is 2.93. The summed E-state index contributed by atoms with van der Waals surface area (Å²) in [5, 5.41) is 3.85. The third kappa shape index (κ3) is 3.85. The van der Waals surface area contributed by atoms with Crippen molar-refractivity contribution in [2.75, 3.05) is 6.61 Å². The van der Waals surface area contributed by atoms with Crippen molar-refractivity contribution in [1.29, 1.82) is 0 Å². The Morgan fingerprint density at radius 1 is 1.42 bits per heavy atom. The van der Waals surface area contributed by atoms with E-state index in [4.69, 9.17) is 9.36 Å². The van der Waals surface area contributed by atoms with E-state index in [0.717, 1.165) is 5.56 Å². The third-order valence-electron chi connectivity index (χ3n) is 2.30. The SMILES string of the molecule is CCONC(=O)CCc1nc(-c2ccncc2)no1. The summed E-state index contributed by atoms with van der Waals surface area (Å²) in [6.07, 6.45) is 3.91. The summed E-state index contributed by atoms with van der Waals surface area (Å²) in [6.45, 7) is 2.22. The van der Waals surface area contributed by atoms with Crippen LogP contribution < -0.4 is 5.48 Å². The maximum atomic E-state index is 11.3. The lowest BCUT2D eigenvalue weighted by molar-refractivity contribution is -0.133. The fourth-order valence-electron chi connectivity index (χ4n) is 1.40. The van der Waals surface area contributed by atoms with E-state index < -0.39 is 0 Å². The van der Waals surface area contributed by atoms with Gasteiger partial charge in [-0.15, -0.1) is 0 Å². The second-order valence-electron chi connectivity index (χ2n) is 3.71. The number of aryl methyl sites for hydroxylation is 1. The Morgan fingerprint density at radius 3 is 2.95 bits per heavy atom. The zero-order valence-corrected chi connectivity index (χ0v) is 10.5. The average molecular weight is 262 g/mol. The topological polar surface area (TPSA) is 90.1 Å². The van der Waals surface area contributed by atoms with Crippen LogP contribution in [0.25, 0.3) is 11.4 Å². The number of amides is 1. The Morgan fingerprint density at radius 2 is 2.21 bits per heavy atom. The van der Waals surface area contributed by atoms with Crippen LogP contribution in [-0.2, 0) is 16.1 Å². The smallest absolute Gasteiger partial charge is 0.244 e. The second-order valence-corrected chi connectivity index (χ2v) is 3.71. The number of nitrogens with one attached hydrogen (secondary N) is 1. The Balaban J connectivity index is 1.90. The maximum Gasteiger partial charge on any atom is 0.244 e. The highest BCUT2D eigenvalue weighted by Crippen LogP contribution is 2.14.